The molecule has 0 radical (unpaired) electrons. The maximum absolute atomic E-state index is 5.50. The Balaban J connectivity index is 2.81. The zero-order chi connectivity index (χ0) is 11.2. The first-order valence-corrected chi connectivity index (χ1v) is 8.17. The van der Waals surface area contributed by atoms with E-state index in [0.29, 0.717) is 0 Å². The van der Waals surface area contributed by atoms with E-state index >= 15 is 0 Å². The van der Waals surface area contributed by atoms with Crippen molar-refractivity contribution in [3.8, 4) is 0 Å². The Kier molecular flexibility index (Phi) is 15.2. The molecule has 0 saturated heterocycles. The first kappa shape index (κ1) is 15.6. The zero-order valence-corrected chi connectivity index (χ0v) is 11.6. The average molecular weight is 252 g/mol. The SMILES string of the molecule is CCCCCCCCCCNCCSCl. The van der Waals surface area contributed by atoms with E-state index in [0.717, 1.165) is 18.8 Å². The second kappa shape index (κ2) is 14.6. The van der Waals surface area contributed by atoms with Gasteiger partial charge >= 0.3 is 0 Å². The molecule has 0 aliphatic carbocycles. The maximum atomic E-state index is 5.50. The minimum absolute atomic E-state index is 1.01. The lowest BCUT2D eigenvalue weighted by molar-refractivity contribution is 0.560. The van der Waals surface area contributed by atoms with Crippen molar-refractivity contribution < 1.29 is 0 Å². The van der Waals surface area contributed by atoms with Gasteiger partial charge in [0.2, 0.25) is 0 Å². The van der Waals surface area contributed by atoms with Gasteiger partial charge in [0, 0.05) is 12.3 Å². The summed E-state index contributed by atoms with van der Waals surface area (Å²) in [7, 11) is 6.89. The molecular formula is C12H26ClNS. The zero-order valence-electron chi connectivity index (χ0n) is 10.1. The Morgan fingerprint density at radius 2 is 1.47 bits per heavy atom. The van der Waals surface area contributed by atoms with Gasteiger partial charge in [0.1, 0.15) is 0 Å². The van der Waals surface area contributed by atoms with Crippen molar-refractivity contribution in [3.05, 3.63) is 0 Å². The van der Waals surface area contributed by atoms with Crippen LogP contribution in [-0.2, 0) is 0 Å². The largest absolute Gasteiger partial charge is 0.316 e. The molecule has 0 unspecified atom stereocenters. The Morgan fingerprint density at radius 3 is 2.07 bits per heavy atom. The predicted octanol–water partition coefficient (Wildman–Crippen LogP) is 4.60. The summed E-state index contributed by atoms with van der Waals surface area (Å²) in [4.78, 5) is 0. The van der Waals surface area contributed by atoms with Crippen LogP contribution >= 0.6 is 21.7 Å². The lowest BCUT2D eigenvalue weighted by Gasteiger charge is -2.03. The normalized spacial score (nSPS) is 10.8. The molecule has 1 nitrogen and oxygen atoms in total. The topological polar surface area (TPSA) is 12.0 Å². The minimum atomic E-state index is 1.01. The molecule has 0 aromatic heterocycles. The van der Waals surface area contributed by atoms with Crippen molar-refractivity contribution in [2.45, 2.75) is 58.3 Å². The summed E-state index contributed by atoms with van der Waals surface area (Å²) in [5, 5.41) is 3.39. The molecule has 0 amide bonds. The monoisotopic (exact) mass is 251 g/mol. The highest BCUT2D eigenvalue weighted by molar-refractivity contribution is 8.21. The summed E-state index contributed by atoms with van der Waals surface area (Å²) in [6.45, 7) is 4.47. The third kappa shape index (κ3) is 14.6. The Morgan fingerprint density at radius 1 is 0.867 bits per heavy atom. The first-order chi connectivity index (χ1) is 7.41. The fraction of sp³-hybridized carbons (Fsp3) is 1.00. The number of rotatable bonds is 12. The number of unbranched alkanes of at least 4 members (excludes halogenated alkanes) is 7. The van der Waals surface area contributed by atoms with Gasteiger partial charge in [-0.15, -0.1) is 0 Å². The van der Waals surface area contributed by atoms with Crippen molar-refractivity contribution >= 4 is 21.7 Å². The van der Waals surface area contributed by atoms with Crippen LogP contribution in [-0.4, -0.2) is 18.8 Å². The molecule has 3 heteroatoms. The van der Waals surface area contributed by atoms with Crippen LogP contribution in [0.25, 0.3) is 0 Å². The third-order valence-corrected chi connectivity index (χ3v) is 3.38. The van der Waals surface area contributed by atoms with Crippen LogP contribution in [0.1, 0.15) is 58.3 Å². The van der Waals surface area contributed by atoms with Crippen LogP contribution in [0.2, 0.25) is 0 Å². The van der Waals surface area contributed by atoms with Crippen LogP contribution < -0.4 is 5.32 Å². The van der Waals surface area contributed by atoms with Gasteiger partial charge in [0.05, 0.1) is 0 Å². The third-order valence-electron chi connectivity index (χ3n) is 2.56. The molecule has 0 bridgehead atoms. The minimum Gasteiger partial charge on any atom is -0.316 e. The van der Waals surface area contributed by atoms with E-state index in [1.54, 1.807) is 0 Å². The summed E-state index contributed by atoms with van der Waals surface area (Å²) >= 11 is 0. The maximum Gasteiger partial charge on any atom is 0.0211 e. The fourth-order valence-corrected chi connectivity index (χ4v) is 2.07. The molecule has 0 rings (SSSR count). The fourth-order valence-electron chi connectivity index (χ4n) is 1.62. The van der Waals surface area contributed by atoms with E-state index in [1.165, 1.54) is 62.3 Å². The summed E-state index contributed by atoms with van der Waals surface area (Å²) in [5.74, 6) is 1.01. The molecule has 0 aliphatic rings. The lowest BCUT2D eigenvalue weighted by atomic mass is 10.1. The molecule has 0 saturated carbocycles. The highest BCUT2D eigenvalue weighted by atomic mass is 35.7. The molecular weight excluding hydrogens is 226 g/mol. The second-order valence-electron chi connectivity index (χ2n) is 4.04. The van der Waals surface area contributed by atoms with Crippen molar-refractivity contribution in [3.63, 3.8) is 0 Å². The molecule has 15 heavy (non-hydrogen) atoms. The number of nitrogens with one attached hydrogen (secondary N) is 1. The molecule has 0 aliphatic heterocycles. The molecule has 0 aromatic rings. The van der Waals surface area contributed by atoms with Gasteiger partial charge in [-0.1, -0.05) is 62.8 Å². The van der Waals surface area contributed by atoms with Crippen LogP contribution in [0.4, 0.5) is 0 Å². The smallest absolute Gasteiger partial charge is 0.0211 e. The first-order valence-electron chi connectivity index (χ1n) is 6.36. The van der Waals surface area contributed by atoms with Crippen molar-refractivity contribution in [1.29, 1.82) is 0 Å². The molecule has 92 valence electrons. The van der Waals surface area contributed by atoms with E-state index in [4.69, 9.17) is 10.7 Å². The van der Waals surface area contributed by atoms with Crippen LogP contribution in [0.5, 0.6) is 0 Å². The van der Waals surface area contributed by atoms with E-state index in [1.807, 2.05) is 0 Å². The van der Waals surface area contributed by atoms with Gasteiger partial charge in [-0.3, -0.25) is 0 Å². The highest BCUT2D eigenvalue weighted by Gasteiger charge is 1.91. The summed E-state index contributed by atoms with van der Waals surface area (Å²) in [5.41, 5.74) is 0. The highest BCUT2D eigenvalue weighted by Crippen LogP contribution is 2.08. The predicted molar refractivity (Wildman–Crippen MR) is 73.8 cm³/mol. The summed E-state index contributed by atoms with van der Waals surface area (Å²) < 4.78 is 0. The van der Waals surface area contributed by atoms with Gasteiger partial charge in [0.25, 0.3) is 0 Å². The van der Waals surface area contributed by atoms with E-state index < -0.39 is 0 Å². The molecule has 1 N–H and O–H groups in total. The molecule has 0 aromatic carbocycles. The van der Waals surface area contributed by atoms with E-state index in [9.17, 15) is 0 Å². The number of hydrogen-bond donors (Lipinski definition) is 1. The quantitative estimate of drug-likeness (QED) is 0.509. The van der Waals surface area contributed by atoms with E-state index in [2.05, 4.69) is 12.2 Å². The van der Waals surface area contributed by atoms with Crippen molar-refractivity contribution in [1.82, 2.24) is 5.32 Å². The molecule has 0 fully saturated rings. The van der Waals surface area contributed by atoms with Gasteiger partial charge in [-0.2, -0.15) is 0 Å². The Labute approximate surface area is 104 Å². The van der Waals surface area contributed by atoms with Crippen LogP contribution in [0, 0.1) is 0 Å². The van der Waals surface area contributed by atoms with Crippen LogP contribution in [0.3, 0.4) is 0 Å². The van der Waals surface area contributed by atoms with Gasteiger partial charge < -0.3 is 5.32 Å². The number of halogens is 1. The second-order valence-corrected chi connectivity index (χ2v) is 5.32. The van der Waals surface area contributed by atoms with Crippen molar-refractivity contribution in [2.24, 2.45) is 0 Å². The lowest BCUT2D eigenvalue weighted by Crippen LogP contribution is -2.17. The molecule has 0 spiro atoms. The van der Waals surface area contributed by atoms with Gasteiger partial charge in [-0.05, 0) is 23.6 Å². The number of hydrogen-bond acceptors (Lipinski definition) is 2. The summed E-state index contributed by atoms with van der Waals surface area (Å²) in [6.07, 6.45) is 11.2. The summed E-state index contributed by atoms with van der Waals surface area (Å²) in [6, 6.07) is 0. The average Bonchev–Trinajstić information content (AvgIpc) is 2.26. The molecule has 0 heterocycles. The van der Waals surface area contributed by atoms with Crippen LogP contribution in [0.15, 0.2) is 0 Å². The standard InChI is InChI=1S/C12H26ClNS/c1-2-3-4-5-6-7-8-9-10-14-11-12-15-13/h14H,2-12H2,1H3. The van der Waals surface area contributed by atoms with E-state index in [-0.39, 0.29) is 0 Å². The molecule has 0 atom stereocenters. The van der Waals surface area contributed by atoms with Gasteiger partial charge in [0.15, 0.2) is 0 Å². The van der Waals surface area contributed by atoms with Gasteiger partial charge in [-0.25, -0.2) is 0 Å². The Hall–Kier alpha value is 0.600. The Bertz CT molecular complexity index is 99.8. The van der Waals surface area contributed by atoms with Crippen molar-refractivity contribution in [2.75, 3.05) is 18.8 Å².